The molecule has 3 aliphatic rings. The maximum Gasteiger partial charge on any atom is 0.245 e. The molecule has 0 aromatic heterocycles. The van der Waals surface area contributed by atoms with Crippen LogP contribution in [0.2, 0.25) is 0 Å². The van der Waals surface area contributed by atoms with Crippen LogP contribution in [-0.2, 0) is 0 Å². The zero-order valence-electron chi connectivity index (χ0n) is 35.0. The Morgan fingerprint density at radius 3 is 1.34 bits per heavy atom. The van der Waals surface area contributed by atoms with Crippen LogP contribution in [0.4, 0.5) is 0 Å². The van der Waals surface area contributed by atoms with Crippen molar-refractivity contribution in [3.05, 3.63) is 132 Å². The van der Waals surface area contributed by atoms with Gasteiger partial charge in [-0.15, -0.1) is 0 Å². The van der Waals surface area contributed by atoms with Crippen LogP contribution in [-0.4, -0.2) is 70.1 Å². The molecule has 3 aliphatic heterocycles. The zero-order chi connectivity index (χ0) is 39.7. The molecule has 9 heteroatoms. The normalized spacial score (nSPS) is 27.1. The number of hydrazine groups is 1. The number of unbranched alkanes of at least 4 members (excludes halogenated alkanes) is 1. The van der Waals surface area contributed by atoms with Crippen LogP contribution in [0.1, 0.15) is 102 Å². The average molecular weight is 1050 g/mol. The summed E-state index contributed by atoms with van der Waals surface area (Å²) in [6, 6.07) is 46.7. The summed E-state index contributed by atoms with van der Waals surface area (Å²) in [5.74, 6) is 0. The predicted molar refractivity (Wildman–Crippen MR) is 274 cm³/mol. The van der Waals surface area contributed by atoms with Crippen LogP contribution in [0.3, 0.4) is 0 Å². The molecule has 7 rings (SSSR count). The molecule has 4 aromatic rings. The molecule has 0 radical (unpaired) electrons. The molecule has 56 heavy (non-hydrogen) atoms. The lowest BCUT2D eigenvalue weighted by molar-refractivity contribution is 0.202. The van der Waals surface area contributed by atoms with Crippen LogP contribution in [0.25, 0.3) is 0 Å². The molecule has 3 fully saturated rings. The van der Waals surface area contributed by atoms with E-state index in [0.29, 0.717) is 11.3 Å². The van der Waals surface area contributed by atoms with Crippen molar-refractivity contribution in [2.45, 2.75) is 113 Å². The first kappa shape index (κ1) is 44.0. The molecule has 300 valence electrons. The molecule has 0 saturated carbocycles. The third kappa shape index (κ3) is 7.95. The molecule has 6 atom stereocenters. The van der Waals surface area contributed by atoms with Crippen LogP contribution in [0.15, 0.2) is 121 Å². The smallest absolute Gasteiger partial charge is 0.0836 e. The summed E-state index contributed by atoms with van der Waals surface area (Å²) in [4.78, 5) is 0. The summed E-state index contributed by atoms with van der Waals surface area (Å²) in [5.41, 5.74) is 7.38. The number of hydrogen-bond donors (Lipinski definition) is 0. The van der Waals surface area contributed by atoms with E-state index in [2.05, 4.69) is 227 Å². The Labute approximate surface area is 369 Å². The second-order valence-corrected chi connectivity index (χ2v) is 41.2. The van der Waals surface area contributed by atoms with E-state index in [-0.39, 0.29) is 0 Å². The summed E-state index contributed by atoms with van der Waals surface area (Å²) in [6.45, 7) is 18.2. The average Bonchev–Trinajstić information content (AvgIpc) is 3.82. The number of hydrogen-bond acceptors (Lipinski definition) is 3. The van der Waals surface area contributed by atoms with E-state index < -0.39 is 24.9 Å². The van der Waals surface area contributed by atoms with Crippen molar-refractivity contribution in [3.63, 3.8) is 0 Å². The highest BCUT2D eigenvalue weighted by Gasteiger charge is 2.69. The van der Waals surface area contributed by atoms with Crippen LogP contribution in [0.5, 0.6) is 0 Å². The van der Waals surface area contributed by atoms with Gasteiger partial charge in [0.15, 0.2) is 49.1 Å². The fourth-order valence-corrected chi connectivity index (χ4v) is 39.2. The molecular formula is C47H67I2N3P4+4. The highest BCUT2D eigenvalue weighted by atomic mass is 127. The van der Waals surface area contributed by atoms with Gasteiger partial charge in [0.25, 0.3) is 0 Å². The number of halogens is 2. The van der Waals surface area contributed by atoms with E-state index in [4.69, 9.17) is 0 Å². The van der Waals surface area contributed by atoms with Crippen molar-refractivity contribution in [2.75, 3.05) is 33.5 Å². The van der Waals surface area contributed by atoms with Gasteiger partial charge in [0.1, 0.15) is 36.8 Å². The third-order valence-electron chi connectivity index (χ3n) is 14.6. The van der Waals surface area contributed by atoms with Gasteiger partial charge in [0.2, 0.25) is 5.06 Å². The van der Waals surface area contributed by atoms with Gasteiger partial charge >= 0.3 is 0 Å². The topological polar surface area (TPSA) is 9.72 Å². The van der Waals surface area contributed by atoms with E-state index in [1.54, 1.807) is 11.1 Å². The first-order valence-electron chi connectivity index (χ1n) is 21.3. The summed E-state index contributed by atoms with van der Waals surface area (Å²) in [5, 5.41) is -0.369. The minimum Gasteiger partial charge on any atom is -0.0836 e. The van der Waals surface area contributed by atoms with E-state index >= 15 is 0 Å². The van der Waals surface area contributed by atoms with Crippen molar-refractivity contribution in [1.29, 1.82) is 0 Å². The Kier molecular flexibility index (Phi) is 14.5. The minimum atomic E-state index is -2.06. The Balaban J connectivity index is 1.31. The first-order chi connectivity index (χ1) is 26.9. The summed E-state index contributed by atoms with van der Waals surface area (Å²) in [7, 11) is -0.685. The fourth-order valence-electron chi connectivity index (χ4n) is 11.0. The molecule has 0 bridgehead atoms. The maximum atomic E-state index is 3.24. The van der Waals surface area contributed by atoms with E-state index in [0.717, 1.165) is 29.2 Å². The van der Waals surface area contributed by atoms with Gasteiger partial charge in [-0.25, -0.2) is 0 Å². The van der Waals surface area contributed by atoms with Gasteiger partial charge in [-0.2, -0.15) is 0 Å². The van der Waals surface area contributed by atoms with Crippen molar-refractivity contribution >= 4 is 79.6 Å². The Morgan fingerprint density at radius 2 is 0.911 bits per heavy atom. The van der Waals surface area contributed by atoms with Crippen LogP contribution in [0, 0.1) is 0 Å². The fraction of sp³-hybridized carbons (Fsp3) is 0.489. The standard InChI is InChI=1S/C47H67I2N3P4/c1-38-30-31-39(2)53(38,6)51(50(5)55(48)40(3)32-33-41(55)4)36-20-21-37-52(56(49,44-26-16-10-17-27-44)45-28-18-11-19-29-45)54(7)46(42-22-12-8-13-23-42)34-35-47(54)43-24-14-9-15-25-43/h8-19,22-29,38-41,46-47H,20-21,30-37H2,1-7H3/q+4/t38-,39-,40-,41-,46+,47+/m1/s1. The molecule has 0 amide bonds. The Morgan fingerprint density at radius 1 is 0.536 bits per heavy atom. The minimum absolute atomic E-state index is 0.539. The second-order valence-electron chi connectivity index (χ2n) is 17.4. The molecule has 0 N–H and O–H groups in total. The van der Waals surface area contributed by atoms with Gasteiger partial charge in [0.05, 0.1) is 49.1 Å². The molecule has 0 aliphatic carbocycles. The summed E-state index contributed by atoms with van der Waals surface area (Å²) < 4.78 is 9.28. The van der Waals surface area contributed by atoms with E-state index in [9.17, 15) is 0 Å². The van der Waals surface area contributed by atoms with Gasteiger partial charge < -0.3 is 0 Å². The van der Waals surface area contributed by atoms with Gasteiger partial charge in [-0.1, -0.05) is 107 Å². The summed E-state index contributed by atoms with van der Waals surface area (Å²) in [6.07, 6.45) is 10.5. The van der Waals surface area contributed by atoms with E-state index in [1.807, 2.05) is 0 Å². The van der Waals surface area contributed by atoms with Crippen molar-refractivity contribution in [2.24, 2.45) is 0 Å². The van der Waals surface area contributed by atoms with Crippen molar-refractivity contribution in [1.82, 2.24) is 14.0 Å². The molecule has 4 aromatic carbocycles. The molecule has 0 unspecified atom stereocenters. The highest BCUT2D eigenvalue weighted by Crippen LogP contribution is 2.92. The lowest BCUT2D eigenvalue weighted by Crippen LogP contribution is -2.44. The predicted octanol–water partition coefficient (Wildman–Crippen LogP) is 15.0. The van der Waals surface area contributed by atoms with Crippen LogP contribution >= 0.6 is 69.0 Å². The maximum absolute atomic E-state index is 3.24. The lowest BCUT2D eigenvalue weighted by atomic mass is 10.0. The number of rotatable bonds is 14. The number of nitrogens with zero attached hydrogens (tertiary/aromatic N) is 3. The highest BCUT2D eigenvalue weighted by molar-refractivity contribution is 14.2. The van der Waals surface area contributed by atoms with Crippen molar-refractivity contribution in [3.8, 4) is 0 Å². The lowest BCUT2D eigenvalue weighted by Gasteiger charge is -2.45. The SMILES string of the molecule is C[C@@H]1CC[C@@H](C)[P+]1(C)N(CCCCN([P+](I)(c1ccccc1)c1ccccc1)[P+]1(C)[C@H](c2ccccc2)CC[C@H]1c1ccccc1)N(C)[P+]1(I)[C@H](C)CC[C@H]1C. The second kappa shape index (κ2) is 18.5. The monoisotopic (exact) mass is 1050 g/mol. The number of benzene rings is 4. The van der Waals surface area contributed by atoms with E-state index in [1.165, 1.54) is 68.5 Å². The Bertz CT molecular complexity index is 1750. The quantitative estimate of drug-likeness (QED) is 0.0539. The zero-order valence-corrected chi connectivity index (χ0v) is 42.9. The summed E-state index contributed by atoms with van der Waals surface area (Å²) >= 11 is 6.04. The first-order valence-corrected chi connectivity index (χ1v) is 35.1. The molecule has 3 nitrogen and oxygen atoms in total. The van der Waals surface area contributed by atoms with Gasteiger partial charge in [-0.05, 0) is 119 Å². The Hall–Kier alpha value is -0.0600. The van der Waals surface area contributed by atoms with Gasteiger partial charge in [0, 0.05) is 7.05 Å². The molecular weight excluding hydrogens is 984 g/mol. The largest absolute Gasteiger partial charge is 0.245 e. The van der Waals surface area contributed by atoms with Gasteiger partial charge in [-0.3, -0.25) is 0 Å². The molecule has 0 spiro atoms. The molecule has 3 saturated heterocycles. The van der Waals surface area contributed by atoms with Crippen molar-refractivity contribution < 1.29 is 0 Å². The molecule has 3 heterocycles. The van der Waals surface area contributed by atoms with Crippen LogP contribution < -0.4 is 10.6 Å². The third-order valence-corrected chi connectivity index (χ3v) is 47.5.